The van der Waals surface area contributed by atoms with Gasteiger partial charge in [-0.3, -0.25) is 9.78 Å². The van der Waals surface area contributed by atoms with Crippen LogP contribution in [0, 0.1) is 13.8 Å². The molecule has 0 bridgehead atoms. The topological polar surface area (TPSA) is 42.0 Å². The first-order valence-corrected chi connectivity index (χ1v) is 9.12. The third-order valence-corrected chi connectivity index (χ3v) is 5.27. The van der Waals surface area contributed by atoms with E-state index in [1.807, 2.05) is 68.4 Å². The van der Waals surface area contributed by atoms with E-state index < -0.39 is 0 Å². The summed E-state index contributed by atoms with van der Waals surface area (Å²) in [7, 11) is 0. The van der Waals surface area contributed by atoms with E-state index in [2.05, 4.69) is 10.3 Å². The first-order chi connectivity index (χ1) is 12.1. The molecule has 0 saturated heterocycles. The summed E-state index contributed by atoms with van der Waals surface area (Å²) in [5.41, 5.74) is 5.00. The molecular formula is C21H20N2OS. The maximum Gasteiger partial charge on any atom is 0.256 e. The number of aryl methyl sites for hydroxylation is 1. The van der Waals surface area contributed by atoms with Crippen LogP contribution in [0.15, 0.2) is 71.9 Å². The highest BCUT2D eigenvalue weighted by Gasteiger charge is 2.13. The van der Waals surface area contributed by atoms with E-state index in [4.69, 9.17) is 0 Å². The molecule has 0 aliphatic carbocycles. The van der Waals surface area contributed by atoms with Gasteiger partial charge < -0.3 is 5.32 Å². The van der Waals surface area contributed by atoms with E-state index >= 15 is 0 Å². The maximum absolute atomic E-state index is 12.8. The molecule has 3 nitrogen and oxygen atoms in total. The smallest absolute Gasteiger partial charge is 0.256 e. The van der Waals surface area contributed by atoms with Gasteiger partial charge in [-0.1, -0.05) is 24.3 Å². The molecule has 1 aromatic heterocycles. The molecule has 1 heterocycles. The molecular weight excluding hydrogens is 328 g/mol. The summed E-state index contributed by atoms with van der Waals surface area (Å²) in [5, 5.41) is 3.04. The minimum absolute atomic E-state index is 0.0773. The van der Waals surface area contributed by atoms with Crippen LogP contribution in [0.1, 0.15) is 27.0 Å². The molecule has 1 amide bonds. The zero-order valence-corrected chi connectivity index (χ0v) is 15.1. The Morgan fingerprint density at radius 3 is 2.56 bits per heavy atom. The van der Waals surface area contributed by atoms with Crippen molar-refractivity contribution in [2.45, 2.75) is 24.5 Å². The Morgan fingerprint density at radius 1 is 1.00 bits per heavy atom. The number of pyridine rings is 1. The normalized spacial score (nSPS) is 10.5. The summed E-state index contributed by atoms with van der Waals surface area (Å²) in [4.78, 5) is 17.8. The molecule has 3 aromatic rings. The van der Waals surface area contributed by atoms with Crippen molar-refractivity contribution in [1.82, 2.24) is 4.98 Å². The number of carbonyl (C=O) groups is 1. The number of amides is 1. The molecule has 0 aliphatic heterocycles. The standard InChI is InChI=1S/C21H20N2OS/c1-15-6-5-8-19(16(15)2)23-21(24)18-7-3-4-9-20(18)25-14-17-10-12-22-13-11-17/h3-13H,14H2,1-2H3,(H,23,24). The lowest BCUT2D eigenvalue weighted by molar-refractivity contribution is 0.102. The minimum atomic E-state index is -0.0773. The Balaban J connectivity index is 1.78. The number of hydrogen-bond acceptors (Lipinski definition) is 3. The number of rotatable bonds is 5. The maximum atomic E-state index is 12.8. The Morgan fingerprint density at radius 2 is 1.76 bits per heavy atom. The van der Waals surface area contributed by atoms with Gasteiger partial charge in [0.2, 0.25) is 0 Å². The van der Waals surface area contributed by atoms with E-state index in [9.17, 15) is 4.79 Å². The molecule has 2 aromatic carbocycles. The third kappa shape index (κ3) is 4.28. The summed E-state index contributed by atoms with van der Waals surface area (Å²) in [5.74, 6) is 0.725. The van der Waals surface area contributed by atoms with Crippen molar-refractivity contribution in [2.75, 3.05) is 5.32 Å². The van der Waals surface area contributed by atoms with Crippen LogP contribution < -0.4 is 5.32 Å². The predicted molar refractivity (Wildman–Crippen MR) is 104 cm³/mol. The number of nitrogens with zero attached hydrogens (tertiary/aromatic N) is 1. The van der Waals surface area contributed by atoms with Crippen LogP contribution in [-0.4, -0.2) is 10.9 Å². The zero-order valence-electron chi connectivity index (χ0n) is 14.3. The number of thioether (sulfide) groups is 1. The van der Waals surface area contributed by atoms with Gasteiger partial charge in [0.05, 0.1) is 5.56 Å². The zero-order chi connectivity index (χ0) is 17.6. The van der Waals surface area contributed by atoms with Gasteiger partial charge >= 0.3 is 0 Å². The average Bonchev–Trinajstić information content (AvgIpc) is 2.65. The highest BCUT2D eigenvalue weighted by Crippen LogP contribution is 2.27. The minimum Gasteiger partial charge on any atom is -0.322 e. The monoisotopic (exact) mass is 348 g/mol. The van der Waals surface area contributed by atoms with Gasteiger partial charge in [-0.15, -0.1) is 11.8 Å². The first-order valence-electron chi connectivity index (χ1n) is 8.13. The molecule has 0 spiro atoms. The highest BCUT2D eigenvalue weighted by atomic mass is 32.2. The van der Waals surface area contributed by atoms with Crippen LogP contribution in [0.2, 0.25) is 0 Å². The predicted octanol–water partition coefficient (Wildman–Crippen LogP) is 5.24. The molecule has 25 heavy (non-hydrogen) atoms. The van der Waals surface area contributed by atoms with Gasteiger partial charge in [0.15, 0.2) is 0 Å². The Kier molecular flexibility index (Phi) is 5.51. The number of nitrogens with one attached hydrogen (secondary N) is 1. The van der Waals surface area contributed by atoms with Gasteiger partial charge in [-0.2, -0.15) is 0 Å². The van der Waals surface area contributed by atoms with E-state index in [1.165, 1.54) is 5.56 Å². The Hall–Kier alpha value is -2.59. The van der Waals surface area contributed by atoms with Crippen molar-refractivity contribution in [1.29, 1.82) is 0 Å². The van der Waals surface area contributed by atoms with Crippen molar-refractivity contribution >= 4 is 23.4 Å². The van der Waals surface area contributed by atoms with E-state index in [1.54, 1.807) is 24.2 Å². The largest absolute Gasteiger partial charge is 0.322 e. The Labute approximate surface area is 152 Å². The summed E-state index contributed by atoms with van der Waals surface area (Å²) < 4.78 is 0. The SMILES string of the molecule is Cc1cccc(NC(=O)c2ccccc2SCc2ccncc2)c1C. The summed E-state index contributed by atoms with van der Waals surface area (Å²) in [6.45, 7) is 4.07. The van der Waals surface area contributed by atoms with Crippen molar-refractivity contribution in [3.63, 3.8) is 0 Å². The number of hydrogen-bond donors (Lipinski definition) is 1. The van der Waals surface area contributed by atoms with Crippen LogP contribution in [0.25, 0.3) is 0 Å². The van der Waals surface area contributed by atoms with Gasteiger partial charge in [0, 0.05) is 28.7 Å². The molecule has 0 saturated carbocycles. The number of benzene rings is 2. The molecule has 0 unspecified atom stereocenters. The van der Waals surface area contributed by atoms with Crippen LogP contribution >= 0.6 is 11.8 Å². The number of aromatic nitrogens is 1. The first kappa shape index (κ1) is 17.2. The van der Waals surface area contributed by atoms with Crippen molar-refractivity contribution in [2.24, 2.45) is 0 Å². The summed E-state index contributed by atoms with van der Waals surface area (Å²) in [6.07, 6.45) is 3.57. The van der Waals surface area contributed by atoms with Gasteiger partial charge in [0.25, 0.3) is 5.91 Å². The highest BCUT2D eigenvalue weighted by molar-refractivity contribution is 7.98. The second kappa shape index (κ2) is 7.99. The van der Waals surface area contributed by atoms with E-state index in [-0.39, 0.29) is 5.91 Å². The van der Waals surface area contributed by atoms with Crippen LogP contribution in [0.3, 0.4) is 0 Å². The number of anilines is 1. The third-order valence-electron chi connectivity index (χ3n) is 4.13. The van der Waals surface area contributed by atoms with Crippen LogP contribution in [0.5, 0.6) is 0 Å². The lowest BCUT2D eigenvalue weighted by atomic mass is 10.1. The van der Waals surface area contributed by atoms with Crippen molar-refractivity contribution in [3.05, 3.63) is 89.2 Å². The van der Waals surface area contributed by atoms with Crippen molar-refractivity contribution < 1.29 is 4.79 Å². The quantitative estimate of drug-likeness (QED) is 0.641. The van der Waals surface area contributed by atoms with Gasteiger partial charge in [-0.25, -0.2) is 0 Å². The molecule has 0 radical (unpaired) electrons. The summed E-state index contributed by atoms with van der Waals surface area (Å²) >= 11 is 1.66. The molecule has 126 valence electrons. The fourth-order valence-electron chi connectivity index (χ4n) is 2.50. The van der Waals surface area contributed by atoms with Gasteiger partial charge in [0.1, 0.15) is 0 Å². The van der Waals surface area contributed by atoms with Crippen molar-refractivity contribution in [3.8, 4) is 0 Å². The molecule has 0 aliphatic rings. The fraction of sp³-hybridized carbons (Fsp3) is 0.143. The molecule has 1 N–H and O–H groups in total. The van der Waals surface area contributed by atoms with E-state index in [0.29, 0.717) is 5.56 Å². The second-order valence-corrected chi connectivity index (χ2v) is 6.86. The van der Waals surface area contributed by atoms with Gasteiger partial charge in [-0.05, 0) is 60.9 Å². The van der Waals surface area contributed by atoms with E-state index in [0.717, 1.165) is 27.5 Å². The number of carbonyl (C=O) groups excluding carboxylic acids is 1. The molecule has 0 atom stereocenters. The fourth-order valence-corrected chi connectivity index (χ4v) is 3.50. The second-order valence-electron chi connectivity index (χ2n) is 5.84. The van der Waals surface area contributed by atoms with Crippen LogP contribution in [0.4, 0.5) is 5.69 Å². The molecule has 0 fully saturated rings. The van der Waals surface area contributed by atoms with Crippen LogP contribution in [-0.2, 0) is 5.75 Å². The molecule has 4 heteroatoms. The molecule has 3 rings (SSSR count). The summed E-state index contributed by atoms with van der Waals surface area (Å²) in [6, 6.07) is 17.6. The Bertz CT molecular complexity index is 878. The lowest BCUT2D eigenvalue weighted by Gasteiger charge is -2.12. The lowest BCUT2D eigenvalue weighted by Crippen LogP contribution is -2.14. The average molecular weight is 348 g/mol.